The van der Waals surface area contributed by atoms with Crippen molar-refractivity contribution in [2.24, 2.45) is 0 Å². The Kier molecular flexibility index (Phi) is 5.69. The number of amides is 1. The maximum absolute atomic E-state index is 13.1. The largest absolute Gasteiger partial charge is 0.350 e. The van der Waals surface area contributed by atoms with Crippen molar-refractivity contribution >= 4 is 5.91 Å². The lowest BCUT2D eigenvalue weighted by atomic mass is 10.1. The van der Waals surface area contributed by atoms with Gasteiger partial charge in [0.25, 0.3) is 0 Å². The first-order valence-electron chi connectivity index (χ1n) is 7.00. The van der Waals surface area contributed by atoms with Crippen molar-refractivity contribution in [1.82, 2.24) is 10.6 Å². The second-order valence-electron chi connectivity index (χ2n) is 6.36. The van der Waals surface area contributed by atoms with Gasteiger partial charge in [-0.15, -0.1) is 0 Å². The molecule has 2 atom stereocenters. The van der Waals surface area contributed by atoms with Gasteiger partial charge in [0, 0.05) is 11.6 Å². The summed E-state index contributed by atoms with van der Waals surface area (Å²) >= 11 is 0. The molecule has 0 radical (unpaired) electrons. The highest BCUT2D eigenvalue weighted by Gasteiger charge is 2.20. The molecule has 0 saturated heterocycles. The Hall–Kier alpha value is -1.42. The molecule has 0 bridgehead atoms. The quantitative estimate of drug-likeness (QED) is 0.870. The molecule has 3 nitrogen and oxygen atoms in total. The molecule has 0 spiro atoms. The van der Waals surface area contributed by atoms with Crippen molar-refractivity contribution in [2.45, 2.75) is 58.7 Å². The lowest BCUT2D eigenvalue weighted by Gasteiger charge is -2.25. The highest BCUT2D eigenvalue weighted by atomic mass is 19.1. The van der Waals surface area contributed by atoms with Gasteiger partial charge < -0.3 is 10.6 Å². The zero-order chi connectivity index (χ0) is 15.3. The smallest absolute Gasteiger partial charge is 0.237 e. The van der Waals surface area contributed by atoms with Crippen LogP contribution in [0, 0.1) is 5.82 Å². The molecule has 4 heteroatoms. The van der Waals surface area contributed by atoms with Crippen molar-refractivity contribution < 1.29 is 9.18 Å². The summed E-state index contributed by atoms with van der Waals surface area (Å²) < 4.78 is 13.1. The highest BCUT2D eigenvalue weighted by Crippen LogP contribution is 2.07. The second kappa shape index (κ2) is 6.84. The molecule has 0 aliphatic rings. The Labute approximate surface area is 121 Å². The molecule has 0 aliphatic carbocycles. The summed E-state index contributed by atoms with van der Waals surface area (Å²) in [5.74, 6) is -0.253. The third-order valence-electron chi connectivity index (χ3n) is 2.86. The average Bonchev–Trinajstić information content (AvgIpc) is 2.26. The number of carbonyl (C=O) groups excluding carboxylic acids is 1. The van der Waals surface area contributed by atoms with Crippen molar-refractivity contribution in [1.29, 1.82) is 0 Å². The van der Waals surface area contributed by atoms with Gasteiger partial charge in [-0.2, -0.15) is 0 Å². The molecule has 0 saturated carbocycles. The van der Waals surface area contributed by atoms with Crippen molar-refractivity contribution in [3.63, 3.8) is 0 Å². The van der Waals surface area contributed by atoms with Crippen LogP contribution in [0.5, 0.6) is 0 Å². The van der Waals surface area contributed by atoms with Crippen LogP contribution in [0.25, 0.3) is 0 Å². The first kappa shape index (κ1) is 16.6. The van der Waals surface area contributed by atoms with Crippen molar-refractivity contribution in [3.05, 3.63) is 35.6 Å². The first-order chi connectivity index (χ1) is 9.17. The van der Waals surface area contributed by atoms with Crippen molar-refractivity contribution in [2.75, 3.05) is 0 Å². The maximum Gasteiger partial charge on any atom is 0.237 e. The molecule has 1 aromatic carbocycles. The molecule has 0 heterocycles. The molecular formula is C16H25FN2O. The van der Waals surface area contributed by atoms with Gasteiger partial charge in [-0.25, -0.2) is 4.39 Å². The summed E-state index contributed by atoms with van der Waals surface area (Å²) in [5.41, 5.74) is 0.687. The molecule has 0 aliphatic heterocycles. The summed E-state index contributed by atoms with van der Waals surface area (Å²) in [5, 5.41) is 6.17. The molecule has 2 unspecified atom stereocenters. The zero-order valence-corrected chi connectivity index (χ0v) is 13.0. The number of hydrogen-bond donors (Lipinski definition) is 2. The van der Waals surface area contributed by atoms with E-state index in [1.165, 1.54) is 12.1 Å². The predicted molar refractivity (Wildman–Crippen MR) is 80.1 cm³/mol. The number of nitrogens with one attached hydrogen (secondary N) is 2. The van der Waals surface area contributed by atoms with E-state index in [-0.39, 0.29) is 29.3 Å². The fourth-order valence-electron chi connectivity index (χ4n) is 2.06. The van der Waals surface area contributed by atoms with Gasteiger partial charge in [0.2, 0.25) is 5.91 Å². The van der Waals surface area contributed by atoms with E-state index in [1.54, 1.807) is 6.07 Å². The maximum atomic E-state index is 13.1. The molecule has 20 heavy (non-hydrogen) atoms. The van der Waals surface area contributed by atoms with Crippen LogP contribution in [0.2, 0.25) is 0 Å². The fraction of sp³-hybridized carbons (Fsp3) is 0.562. The van der Waals surface area contributed by atoms with E-state index < -0.39 is 0 Å². The summed E-state index contributed by atoms with van der Waals surface area (Å²) in [6.07, 6.45) is 0.685. The Morgan fingerprint density at radius 2 is 1.95 bits per heavy atom. The third kappa shape index (κ3) is 6.15. The SMILES string of the molecule is CC(Cc1cccc(F)c1)NC(C)C(=O)NC(C)(C)C. The molecular weight excluding hydrogens is 255 g/mol. The summed E-state index contributed by atoms with van der Waals surface area (Å²) in [4.78, 5) is 12.0. The Balaban J connectivity index is 2.49. The summed E-state index contributed by atoms with van der Waals surface area (Å²) in [7, 11) is 0. The van der Waals surface area contributed by atoms with E-state index in [1.807, 2.05) is 40.7 Å². The van der Waals surface area contributed by atoms with Gasteiger partial charge >= 0.3 is 0 Å². The van der Waals surface area contributed by atoms with E-state index in [9.17, 15) is 9.18 Å². The molecule has 1 amide bonds. The fourth-order valence-corrected chi connectivity index (χ4v) is 2.06. The number of benzene rings is 1. The van der Waals surface area contributed by atoms with E-state index in [0.717, 1.165) is 5.56 Å². The molecule has 0 fully saturated rings. The monoisotopic (exact) mass is 280 g/mol. The van der Waals surface area contributed by atoms with Gasteiger partial charge in [-0.1, -0.05) is 12.1 Å². The van der Waals surface area contributed by atoms with Crippen molar-refractivity contribution in [3.8, 4) is 0 Å². The Bertz CT molecular complexity index is 454. The lowest BCUT2D eigenvalue weighted by Crippen LogP contribution is -2.51. The van der Waals surface area contributed by atoms with Gasteiger partial charge in [-0.05, 0) is 58.7 Å². The number of rotatable bonds is 5. The van der Waals surface area contributed by atoms with E-state index in [4.69, 9.17) is 0 Å². The molecule has 2 N–H and O–H groups in total. The average molecular weight is 280 g/mol. The Morgan fingerprint density at radius 1 is 1.30 bits per heavy atom. The van der Waals surface area contributed by atoms with Gasteiger partial charge in [0.1, 0.15) is 5.82 Å². The second-order valence-corrected chi connectivity index (χ2v) is 6.36. The predicted octanol–water partition coefficient (Wildman–Crippen LogP) is 2.65. The third-order valence-corrected chi connectivity index (χ3v) is 2.86. The zero-order valence-electron chi connectivity index (χ0n) is 13.0. The topological polar surface area (TPSA) is 41.1 Å². The molecule has 1 rings (SSSR count). The minimum atomic E-state index is -0.280. The van der Waals surface area contributed by atoms with Crippen LogP contribution >= 0.6 is 0 Å². The van der Waals surface area contributed by atoms with E-state index in [2.05, 4.69) is 10.6 Å². The van der Waals surface area contributed by atoms with Crippen LogP contribution in [-0.4, -0.2) is 23.5 Å². The lowest BCUT2D eigenvalue weighted by molar-refractivity contribution is -0.124. The van der Waals surface area contributed by atoms with Crippen LogP contribution in [-0.2, 0) is 11.2 Å². The van der Waals surface area contributed by atoms with Crippen LogP contribution in [0.1, 0.15) is 40.2 Å². The minimum Gasteiger partial charge on any atom is -0.350 e. The van der Waals surface area contributed by atoms with Crippen LogP contribution in [0.4, 0.5) is 4.39 Å². The van der Waals surface area contributed by atoms with Gasteiger partial charge in [0.05, 0.1) is 6.04 Å². The van der Waals surface area contributed by atoms with Crippen LogP contribution < -0.4 is 10.6 Å². The highest BCUT2D eigenvalue weighted by molar-refractivity contribution is 5.81. The molecule has 0 aromatic heterocycles. The number of hydrogen-bond acceptors (Lipinski definition) is 2. The van der Waals surface area contributed by atoms with E-state index >= 15 is 0 Å². The molecule has 1 aromatic rings. The number of carbonyl (C=O) groups is 1. The normalized spacial score (nSPS) is 14.7. The molecule has 112 valence electrons. The first-order valence-corrected chi connectivity index (χ1v) is 7.00. The van der Waals surface area contributed by atoms with Crippen LogP contribution in [0.3, 0.4) is 0 Å². The summed E-state index contributed by atoms with van der Waals surface area (Å²) in [6, 6.07) is 6.36. The van der Waals surface area contributed by atoms with Gasteiger partial charge in [-0.3, -0.25) is 4.79 Å². The standard InChI is InChI=1S/C16H25FN2O/c1-11(9-13-7-6-8-14(17)10-13)18-12(2)15(20)19-16(3,4)5/h6-8,10-12,18H,9H2,1-5H3,(H,19,20). The van der Waals surface area contributed by atoms with E-state index in [0.29, 0.717) is 6.42 Å². The van der Waals surface area contributed by atoms with Gasteiger partial charge in [0.15, 0.2) is 0 Å². The Morgan fingerprint density at radius 3 is 2.50 bits per heavy atom. The summed E-state index contributed by atoms with van der Waals surface area (Å²) in [6.45, 7) is 9.68. The number of halogens is 1. The minimum absolute atomic E-state index is 0.0245. The van der Waals surface area contributed by atoms with Crippen LogP contribution in [0.15, 0.2) is 24.3 Å².